The fourth-order valence-electron chi connectivity index (χ4n) is 3.55. The molecule has 0 aliphatic carbocycles. The molecule has 1 aliphatic rings. The molecule has 5 nitrogen and oxygen atoms in total. The molecular weight excluding hydrogens is 372 g/mol. The lowest BCUT2D eigenvalue weighted by molar-refractivity contribution is -0.117. The number of anilines is 1. The zero-order valence-electron chi connectivity index (χ0n) is 16.2. The SMILES string of the molecule is COc1cc(CC(=O)N2CCc3cc(-c4csc(C)n4)ccc32)cc(OC)c1. The molecule has 28 heavy (non-hydrogen) atoms. The highest BCUT2D eigenvalue weighted by molar-refractivity contribution is 7.09. The summed E-state index contributed by atoms with van der Waals surface area (Å²) in [5.41, 5.74) is 5.17. The Bertz CT molecular complexity index is 1010. The number of thiazole rings is 1. The maximum Gasteiger partial charge on any atom is 0.231 e. The summed E-state index contributed by atoms with van der Waals surface area (Å²) in [6.07, 6.45) is 1.17. The molecule has 1 aromatic heterocycles. The Morgan fingerprint density at radius 1 is 1.14 bits per heavy atom. The third-order valence-corrected chi connectivity index (χ3v) is 5.73. The standard InChI is InChI=1S/C22H22N2O3S/c1-14-23-20(13-28-14)16-4-5-21-17(11-16)6-7-24(21)22(25)10-15-8-18(26-2)12-19(9-15)27-3/h4-5,8-9,11-13H,6-7,10H2,1-3H3. The Hall–Kier alpha value is -2.86. The van der Waals surface area contributed by atoms with Crippen LogP contribution in [0.15, 0.2) is 41.8 Å². The summed E-state index contributed by atoms with van der Waals surface area (Å²) in [4.78, 5) is 19.4. The molecule has 0 N–H and O–H groups in total. The van der Waals surface area contributed by atoms with Crippen molar-refractivity contribution in [2.75, 3.05) is 25.7 Å². The van der Waals surface area contributed by atoms with E-state index in [0.29, 0.717) is 24.5 Å². The second-order valence-corrected chi connectivity index (χ2v) is 7.85. The number of hydrogen-bond donors (Lipinski definition) is 0. The number of carbonyl (C=O) groups excluding carboxylic acids is 1. The van der Waals surface area contributed by atoms with Crippen LogP contribution in [-0.2, 0) is 17.6 Å². The molecular formula is C22H22N2O3S. The molecule has 0 atom stereocenters. The van der Waals surface area contributed by atoms with Crippen molar-refractivity contribution in [3.05, 3.63) is 57.9 Å². The van der Waals surface area contributed by atoms with Gasteiger partial charge in [-0.25, -0.2) is 4.98 Å². The van der Waals surface area contributed by atoms with Crippen molar-refractivity contribution >= 4 is 22.9 Å². The van der Waals surface area contributed by atoms with Crippen LogP contribution in [0.1, 0.15) is 16.1 Å². The van der Waals surface area contributed by atoms with E-state index in [1.54, 1.807) is 31.6 Å². The number of ether oxygens (including phenoxy) is 2. The first-order valence-electron chi connectivity index (χ1n) is 9.15. The Morgan fingerprint density at radius 2 is 1.89 bits per heavy atom. The van der Waals surface area contributed by atoms with Gasteiger partial charge in [-0.05, 0) is 48.7 Å². The second-order valence-electron chi connectivity index (χ2n) is 6.79. The van der Waals surface area contributed by atoms with Crippen LogP contribution in [0.5, 0.6) is 11.5 Å². The minimum atomic E-state index is 0.0753. The maximum atomic E-state index is 13.0. The van der Waals surface area contributed by atoms with Gasteiger partial charge in [0, 0.05) is 29.2 Å². The summed E-state index contributed by atoms with van der Waals surface area (Å²) in [5.74, 6) is 1.45. The fourth-order valence-corrected chi connectivity index (χ4v) is 4.18. The molecule has 1 amide bonds. The molecule has 1 aliphatic heterocycles. The monoisotopic (exact) mass is 394 g/mol. The Balaban J connectivity index is 1.55. The Morgan fingerprint density at radius 3 is 2.54 bits per heavy atom. The molecule has 0 unspecified atom stereocenters. The molecule has 144 valence electrons. The van der Waals surface area contributed by atoms with Crippen molar-refractivity contribution in [3.63, 3.8) is 0 Å². The van der Waals surface area contributed by atoms with Crippen molar-refractivity contribution in [1.29, 1.82) is 0 Å². The minimum absolute atomic E-state index is 0.0753. The van der Waals surface area contributed by atoms with Crippen LogP contribution in [0, 0.1) is 6.92 Å². The molecule has 3 aromatic rings. The summed E-state index contributed by atoms with van der Waals surface area (Å²) < 4.78 is 10.6. The zero-order chi connectivity index (χ0) is 19.7. The van der Waals surface area contributed by atoms with E-state index in [1.165, 1.54) is 5.56 Å². The van der Waals surface area contributed by atoms with Crippen LogP contribution < -0.4 is 14.4 Å². The molecule has 6 heteroatoms. The lowest BCUT2D eigenvalue weighted by Crippen LogP contribution is -2.30. The summed E-state index contributed by atoms with van der Waals surface area (Å²) in [6.45, 7) is 2.71. The zero-order valence-corrected chi connectivity index (χ0v) is 17.0. The summed E-state index contributed by atoms with van der Waals surface area (Å²) in [6, 6.07) is 11.8. The molecule has 0 radical (unpaired) electrons. The van der Waals surface area contributed by atoms with E-state index in [4.69, 9.17) is 9.47 Å². The summed E-state index contributed by atoms with van der Waals surface area (Å²) in [7, 11) is 3.22. The van der Waals surface area contributed by atoms with Crippen LogP contribution in [0.2, 0.25) is 0 Å². The van der Waals surface area contributed by atoms with Gasteiger partial charge in [-0.1, -0.05) is 6.07 Å². The van der Waals surface area contributed by atoms with Gasteiger partial charge in [0.15, 0.2) is 0 Å². The number of aromatic nitrogens is 1. The molecule has 0 fully saturated rings. The van der Waals surface area contributed by atoms with E-state index in [9.17, 15) is 4.79 Å². The van der Waals surface area contributed by atoms with Crippen LogP contribution in [-0.4, -0.2) is 31.7 Å². The summed E-state index contributed by atoms with van der Waals surface area (Å²) in [5, 5.41) is 3.13. The van der Waals surface area contributed by atoms with E-state index in [-0.39, 0.29) is 5.91 Å². The molecule has 0 spiro atoms. The topological polar surface area (TPSA) is 51.7 Å². The highest BCUT2D eigenvalue weighted by Gasteiger charge is 2.25. The average molecular weight is 394 g/mol. The number of methoxy groups -OCH3 is 2. The first kappa shape index (κ1) is 18.5. The van der Waals surface area contributed by atoms with Crippen molar-refractivity contribution < 1.29 is 14.3 Å². The van der Waals surface area contributed by atoms with Gasteiger partial charge in [-0.15, -0.1) is 11.3 Å². The predicted octanol–water partition coefficient (Wildman–Crippen LogP) is 4.27. The highest BCUT2D eigenvalue weighted by Crippen LogP contribution is 2.33. The number of fused-ring (bicyclic) bond motifs is 1. The van der Waals surface area contributed by atoms with Gasteiger partial charge >= 0.3 is 0 Å². The maximum absolute atomic E-state index is 13.0. The van der Waals surface area contributed by atoms with E-state index < -0.39 is 0 Å². The molecule has 4 rings (SSSR count). The third kappa shape index (κ3) is 3.60. The number of amides is 1. The van der Waals surface area contributed by atoms with E-state index in [2.05, 4.69) is 16.4 Å². The number of carbonyl (C=O) groups is 1. The van der Waals surface area contributed by atoms with Gasteiger partial charge in [0.1, 0.15) is 11.5 Å². The molecule has 2 aromatic carbocycles. The van der Waals surface area contributed by atoms with Gasteiger partial charge in [0.05, 0.1) is 31.3 Å². The lowest BCUT2D eigenvalue weighted by atomic mass is 10.1. The van der Waals surface area contributed by atoms with Crippen LogP contribution in [0.25, 0.3) is 11.3 Å². The van der Waals surface area contributed by atoms with Crippen LogP contribution in [0.4, 0.5) is 5.69 Å². The summed E-state index contributed by atoms with van der Waals surface area (Å²) >= 11 is 1.65. The Kier molecular flexibility index (Phi) is 5.05. The first-order chi connectivity index (χ1) is 13.6. The number of aryl methyl sites for hydroxylation is 1. The van der Waals surface area contributed by atoms with Gasteiger partial charge in [-0.2, -0.15) is 0 Å². The molecule has 2 heterocycles. The number of nitrogens with zero attached hydrogens (tertiary/aromatic N) is 2. The molecule has 0 saturated heterocycles. The first-order valence-corrected chi connectivity index (χ1v) is 10.0. The second kappa shape index (κ2) is 7.64. The van der Waals surface area contributed by atoms with Crippen LogP contribution >= 0.6 is 11.3 Å². The third-order valence-electron chi connectivity index (χ3n) is 4.96. The highest BCUT2D eigenvalue weighted by atomic mass is 32.1. The van der Waals surface area contributed by atoms with Crippen molar-refractivity contribution in [2.24, 2.45) is 0 Å². The number of benzene rings is 2. The van der Waals surface area contributed by atoms with Gasteiger partial charge < -0.3 is 14.4 Å². The van der Waals surface area contributed by atoms with E-state index >= 15 is 0 Å². The lowest BCUT2D eigenvalue weighted by Gasteiger charge is -2.18. The molecule has 0 saturated carbocycles. The van der Waals surface area contributed by atoms with Gasteiger partial charge in [-0.3, -0.25) is 4.79 Å². The quantitative estimate of drug-likeness (QED) is 0.649. The number of rotatable bonds is 5. The number of hydrogen-bond acceptors (Lipinski definition) is 5. The average Bonchev–Trinajstić information content (AvgIpc) is 3.33. The van der Waals surface area contributed by atoms with Gasteiger partial charge in [0.2, 0.25) is 5.91 Å². The normalized spacial score (nSPS) is 12.8. The van der Waals surface area contributed by atoms with Crippen molar-refractivity contribution in [2.45, 2.75) is 19.8 Å². The van der Waals surface area contributed by atoms with Gasteiger partial charge in [0.25, 0.3) is 0 Å². The minimum Gasteiger partial charge on any atom is -0.497 e. The van der Waals surface area contributed by atoms with Crippen molar-refractivity contribution in [1.82, 2.24) is 4.98 Å². The van der Waals surface area contributed by atoms with Crippen molar-refractivity contribution in [3.8, 4) is 22.8 Å². The Labute approximate surface area is 168 Å². The fraction of sp³-hybridized carbons (Fsp3) is 0.273. The predicted molar refractivity (Wildman–Crippen MR) is 112 cm³/mol. The largest absolute Gasteiger partial charge is 0.497 e. The molecule has 0 bridgehead atoms. The van der Waals surface area contributed by atoms with Crippen LogP contribution in [0.3, 0.4) is 0 Å². The smallest absolute Gasteiger partial charge is 0.231 e. The van der Waals surface area contributed by atoms with E-state index in [0.717, 1.165) is 33.9 Å². The van der Waals surface area contributed by atoms with E-state index in [1.807, 2.05) is 36.1 Å².